The molecule has 1 amide bonds. The van der Waals surface area contributed by atoms with Crippen molar-refractivity contribution in [1.82, 2.24) is 9.80 Å². The second-order valence-electron chi connectivity index (χ2n) is 6.40. The zero-order valence-electron chi connectivity index (χ0n) is 13.5. The van der Waals surface area contributed by atoms with Gasteiger partial charge in [0.15, 0.2) is 0 Å². The van der Waals surface area contributed by atoms with Gasteiger partial charge in [0.1, 0.15) is 0 Å². The first kappa shape index (κ1) is 15.1. The standard InChI is InChI=1S/C18H22N2O2S/c1-13-15-4-2-3-5-16(15)23-17(13)18(21)20-9-7-19(8-10-20)14-6-11-22-12-14/h2-5,14H,6-12H2,1H3. The minimum atomic E-state index is 0.200. The lowest BCUT2D eigenvalue weighted by molar-refractivity contribution is 0.0553. The van der Waals surface area contributed by atoms with Crippen molar-refractivity contribution in [2.24, 2.45) is 0 Å². The molecule has 1 atom stereocenters. The lowest BCUT2D eigenvalue weighted by atomic mass is 10.1. The third kappa shape index (κ3) is 2.77. The van der Waals surface area contributed by atoms with Crippen LogP contribution >= 0.6 is 11.3 Å². The number of benzene rings is 1. The van der Waals surface area contributed by atoms with Crippen molar-refractivity contribution in [1.29, 1.82) is 0 Å². The number of carbonyl (C=O) groups excluding carboxylic acids is 1. The number of nitrogens with zero attached hydrogens (tertiary/aromatic N) is 2. The van der Waals surface area contributed by atoms with E-state index in [4.69, 9.17) is 4.74 Å². The Morgan fingerprint density at radius 1 is 1.22 bits per heavy atom. The minimum absolute atomic E-state index is 0.200. The smallest absolute Gasteiger partial charge is 0.264 e. The van der Waals surface area contributed by atoms with Crippen molar-refractivity contribution < 1.29 is 9.53 Å². The molecule has 0 N–H and O–H groups in total. The zero-order valence-corrected chi connectivity index (χ0v) is 14.3. The Bertz CT molecular complexity index is 713. The molecule has 2 fully saturated rings. The number of hydrogen-bond acceptors (Lipinski definition) is 4. The van der Waals surface area contributed by atoms with Gasteiger partial charge in [0.05, 0.1) is 11.5 Å². The number of fused-ring (bicyclic) bond motifs is 1. The summed E-state index contributed by atoms with van der Waals surface area (Å²) in [6.45, 7) is 7.37. The van der Waals surface area contributed by atoms with Crippen LogP contribution in [0.5, 0.6) is 0 Å². The van der Waals surface area contributed by atoms with Crippen LogP contribution in [-0.2, 0) is 4.74 Å². The van der Waals surface area contributed by atoms with Gasteiger partial charge in [-0.05, 0) is 30.4 Å². The lowest BCUT2D eigenvalue weighted by Crippen LogP contribution is -2.52. The third-order valence-electron chi connectivity index (χ3n) is 5.06. The molecule has 23 heavy (non-hydrogen) atoms. The molecule has 5 heteroatoms. The Labute approximate surface area is 140 Å². The molecular formula is C18H22N2O2S. The van der Waals surface area contributed by atoms with E-state index in [1.807, 2.05) is 17.0 Å². The predicted octanol–water partition coefficient (Wildman–Crippen LogP) is 2.76. The first-order valence-corrected chi connectivity index (χ1v) is 9.15. The van der Waals surface area contributed by atoms with Gasteiger partial charge in [0.2, 0.25) is 0 Å². The van der Waals surface area contributed by atoms with Crippen LogP contribution in [0.3, 0.4) is 0 Å². The van der Waals surface area contributed by atoms with Crippen LogP contribution in [0.25, 0.3) is 10.1 Å². The molecular weight excluding hydrogens is 308 g/mol. The molecule has 1 aromatic heterocycles. The summed E-state index contributed by atoms with van der Waals surface area (Å²) in [5.41, 5.74) is 1.13. The fraction of sp³-hybridized carbons (Fsp3) is 0.500. The number of aryl methyl sites for hydroxylation is 1. The summed E-state index contributed by atoms with van der Waals surface area (Å²) in [6, 6.07) is 8.84. The summed E-state index contributed by atoms with van der Waals surface area (Å²) < 4.78 is 6.69. The van der Waals surface area contributed by atoms with Crippen molar-refractivity contribution in [2.45, 2.75) is 19.4 Å². The van der Waals surface area contributed by atoms with Crippen molar-refractivity contribution in [3.8, 4) is 0 Å². The summed E-state index contributed by atoms with van der Waals surface area (Å²) in [6.07, 6.45) is 1.13. The predicted molar refractivity (Wildman–Crippen MR) is 93.3 cm³/mol. The van der Waals surface area contributed by atoms with Crippen LogP contribution < -0.4 is 0 Å². The van der Waals surface area contributed by atoms with Gasteiger partial charge < -0.3 is 9.64 Å². The maximum absolute atomic E-state index is 12.9. The molecule has 3 heterocycles. The van der Waals surface area contributed by atoms with Crippen molar-refractivity contribution in [2.75, 3.05) is 39.4 Å². The maximum Gasteiger partial charge on any atom is 0.264 e. The lowest BCUT2D eigenvalue weighted by Gasteiger charge is -2.37. The van der Waals surface area contributed by atoms with Gasteiger partial charge in [-0.15, -0.1) is 11.3 Å². The first-order chi connectivity index (χ1) is 11.2. The Balaban J connectivity index is 1.48. The summed E-state index contributed by atoms with van der Waals surface area (Å²) in [7, 11) is 0. The second kappa shape index (κ2) is 6.23. The minimum Gasteiger partial charge on any atom is -0.380 e. The molecule has 0 bridgehead atoms. The Morgan fingerprint density at radius 3 is 2.70 bits per heavy atom. The quantitative estimate of drug-likeness (QED) is 0.849. The van der Waals surface area contributed by atoms with E-state index < -0.39 is 0 Å². The average Bonchev–Trinajstić information content (AvgIpc) is 3.23. The summed E-state index contributed by atoms with van der Waals surface area (Å²) in [5.74, 6) is 0.200. The Kier molecular flexibility index (Phi) is 4.09. The average molecular weight is 330 g/mol. The van der Waals surface area contributed by atoms with Crippen molar-refractivity contribution in [3.63, 3.8) is 0 Å². The van der Waals surface area contributed by atoms with Crippen LogP contribution in [0.1, 0.15) is 21.7 Å². The van der Waals surface area contributed by atoms with E-state index in [-0.39, 0.29) is 5.91 Å². The van der Waals surface area contributed by atoms with Crippen molar-refractivity contribution >= 4 is 27.3 Å². The fourth-order valence-corrected chi connectivity index (χ4v) is 4.80. The monoisotopic (exact) mass is 330 g/mol. The number of rotatable bonds is 2. The number of hydrogen-bond donors (Lipinski definition) is 0. The molecule has 0 saturated carbocycles. The third-order valence-corrected chi connectivity index (χ3v) is 6.32. The molecule has 0 spiro atoms. The Morgan fingerprint density at radius 2 is 2.00 bits per heavy atom. The second-order valence-corrected chi connectivity index (χ2v) is 7.45. The molecule has 0 radical (unpaired) electrons. The van der Waals surface area contributed by atoms with E-state index in [9.17, 15) is 4.79 Å². The van der Waals surface area contributed by atoms with Crippen LogP contribution in [0.15, 0.2) is 24.3 Å². The van der Waals surface area contributed by atoms with Gasteiger partial charge >= 0.3 is 0 Å². The summed E-state index contributed by atoms with van der Waals surface area (Å²) >= 11 is 1.63. The zero-order chi connectivity index (χ0) is 15.8. The van der Waals surface area contributed by atoms with E-state index in [0.717, 1.165) is 56.3 Å². The molecule has 4 nitrogen and oxygen atoms in total. The number of carbonyl (C=O) groups is 1. The van der Waals surface area contributed by atoms with Gasteiger partial charge in [-0.3, -0.25) is 9.69 Å². The highest BCUT2D eigenvalue weighted by Gasteiger charge is 2.29. The highest BCUT2D eigenvalue weighted by atomic mass is 32.1. The molecule has 122 valence electrons. The normalized spacial score (nSPS) is 22.8. The van der Waals surface area contributed by atoms with Crippen LogP contribution in [0.2, 0.25) is 0 Å². The van der Waals surface area contributed by atoms with Crippen LogP contribution in [-0.4, -0.2) is 61.1 Å². The van der Waals surface area contributed by atoms with E-state index in [1.165, 1.54) is 10.1 Å². The summed E-state index contributed by atoms with van der Waals surface area (Å²) in [5, 5.41) is 1.21. The van der Waals surface area contributed by atoms with E-state index >= 15 is 0 Å². The van der Waals surface area contributed by atoms with Gasteiger partial charge in [0, 0.05) is 43.5 Å². The molecule has 4 rings (SSSR count). The van der Waals surface area contributed by atoms with Gasteiger partial charge in [-0.2, -0.15) is 0 Å². The van der Waals surface area contributed by atoms with E-state index in [2.05, 4.69) is 24.0 Å². The van der Waals surface area contributed by atoms with Gasteiger partial charge in [-0.25, -0.2) is 0 Å². The molecule has 2 saturated heterocycles. The van der Waals surface area contributed by atoms with Crippen LogP contribution in [0, 0.1) is 6.92 Å². The number of ether oxygens (including phenoxy) is 1. The molecule has 1 aromatic carbocycles. The Hall–Kier alpha value is -1.43. The van der Waals surface area contributed by atoms with Crippen LogP contribution in [0.4, 0.5) is 0 Å². The first-order valence-electron chi connectivity index (χ1n) is 8.33. The van der Waals surface area contributed by atoms with Gasteiger partial charge in [-0.1, -0.05) is 18.2 Å². The maximum atomic E-state index is 12.9. The molecule has 2 aromatic rings. The van der Waals surface area contributed by atoms with E-state index in [0.29, 0.717) is 6.04 Å². The number of amides is 1. The molecule has 2 aliphatic rings. The molecule has 2 aliphatic heterocycles. The molecule has 0 aliphatic carbocycles. The summed E-state index contributed by atoms with van der Waals surface area (Å²) in [4.78, 5) is 18.3. The highest BCUT2D eigenvalue weighted by molar-refractivity contribution is 7.21. The fourth-order valence-electron chi connectivity index (χ4n) is 3.62. The molecule has 1 unspecified atom stereocenters. The van der Waals surface area contributed by atoms with E-state index in [1.54, 1.807) is 11.3 Å². The van der Waals surface area contributed by atoms with Gasteiger partial charge in [0.25, 0.3) is 5.91 Å². The SMILES string of the molecule is Cc1c(C(=O)N2CCN(C3CCOC3)CC2)sc2ccccc12. The highest BCUT2D eigenvalue weighted by Crippen LogP contribution is 2.31. The largest absolute Gasteiger partial charge is 0.380 e. The number of piperazine rings is 1. The topological polar surface area (TPSA) is 32.8 Å². The number of thiophene rings is 1. The van der Waals surface area contributed by atoms with Crippen molar-refractivity contribution in [3.05, 3.63) is 34.7 Å².